The Labute approximate surface area is 148 Å². The first kappa shape index (κ1) is 15.9. The van der Waals surface area contributed by atoms with E-state index in [9.17, 15) is 10.1 Å². The molecule has 4 rings (SSSR count). The molecule has 0 spiro atoms. The van der Waals surface area contributed by atoms with Crippen LogP contribution in [0, 0.1) is 10.1 Å². The van der Waals surface area contributed by atoms with Crippen molar-refractivity contribution >= 4 is 5.69 Å². The van der Waals surface area contributed by atoms with Gasteiger partial charge in [-0.1, -0.05) is 30.3 Å². The van der Waals surface area contributed by atoms with Crippen molar-refractivity contribution in [1.29, 1.82) is 0 Å². The Bertz CT molecular complexity index is 928. The van der Waals surface area contributed by atoms with Crippen molar-refractivity contribution in [2.75, 3.05) is 6.61 Å². The zero-order chi connectivity index (χ0) is 17.9. The first-order valence-corrected chi connectivity index (χ1v) is 7.96. The highest BCUT2D eigenvalue weighted by Gasteiger charge is 2.23. The summed E-state index contributed by atoms with van der Waals surface area (Å²) in [6, 6.07) is 17.9. The Morgan fingerprint density at radius 2 is 1.92 bits per heavy atom. The predicted molar refractivity (Wildman–Crippen MR) is 92.7 cm³/mol. The Kier molecular flexibility index (Phi) is 4.10. The van der Waals surface area contributed by atoms with E-state index in [1.807, 2.05) is 30.3 Å². The molecule has 26 heavy (non-hydrogen) atoms. The Balaban J connectivity index is 1.49. The molecule has 0 N–H and O–H groups in total. The third kappa shape index (κ3) is 3.27. The van der Waals surface area contributed by atoms with Gasteiger partial charge in [0, 0.05) is 18.2 Å². The van der Waals surface area contributed by atoms with Crippen molar-refractivity contribution in [2.24, 2.45) is 0 Å². The molecule has 0 aliphatic carbocycles. The fourth-order valence-electron chi connectivity index (χ4n) is 2.61. The van der Waals surface area contributed by atoms with E-state index in [-0.39, 0.29) is 17.7 Å². The highest BCUT2D eigenvalue weighted by atomic mass is 16.6. The van der Waals surface area contributed by atoms with Crippen molar-refractivity contribution in [1.82, 2.24) is 4.98 Å². The standard InChI is InChI=1S/C19H14N2O5/c22-21(23)14-6-9-19(20-11-14)25-15-7-8-16-17(10-15)24-12-18(26-16)13-4-2-1-3-5-13/h1-11,18H,12H2. The molecule has 2 heterocycles. The lowest BCUT2D eigenvalue weighted by atomic mass is 10.1. The minimum absolute atomic E-state index is 0.0912. The minimum Gasteiger partial charge on any atom is -0.485 e. The Morgan fingerprint density at radius 3 is 2.65 bits per heavy atom. The second-order valence-corrected chi connectivity index (χ2v) is 5.65. The van der Waals surface area contributed by atoms with Crippen LogP contribution >= 0.6 is 0 Å². The smallest absolute Gasteiger partial charge is 0.287 e. The van der Waals surface area contributed by atoms with Gasteiger partial charge in [-0.3, -0.25) is 10.1 Å². The SMILES string of the molecule is O=[N+]([O-])c1ccc(Oc2ccc3c(c2)OCC(c2ccccc2)O3)nc1. The van der Waals surface area contributed by atoms with Gasteiger partial charge in [-0.2, -0.15) is 0 Å². The number of nitrogens with zero attached hydrogens (tertiary/aromatic N) is 2. The summed E-state index contributed by atoms with van der Waals surface area (Å²) in [6.45, 7) is 0.399. The highest BCUT2D eigenvalue weighted by molar-refractivity contribution is 5.48. The third-order valence-electron chi connectivity index (χ3n) is 3.90. The Morgan fingerprint density at radius 1 is 1.08 bits per heavy atom. The van der Waals surface area contributed by atoms with Crippen molar-refractivity contribution in [3.8, 4) is 23.1 Å². The van der Waals surface area contributed by atoms with Gasteiger partial charge in [-0.05, 0) is 17.7 Å². The maximum Gasteiger partial charge on any atom is 0.287 e. The van der Waals surface area contributed by atoms with Crippen LogP contribution < -0.4 is 14.2 Å². The maximum atomic E-state index is 10.7. The van der Waals surface area contributed by atoms with E-state index in [1.165, 1.54) is 12.1 Å². The second kappa shape index (κ2) is 6.72. The fourth-order valence-corrected chi connectivity index (χ4v) is 2.61. The largest absolute Gasteiger partial charge is 0.485 e. The average Bonchev–Trinajstić information content (AvgIpc) is 2.69. The number of benzene rings is 2. The molecule has 0 saturated heterocycles. The Hall–Kier alpha value is -3.61. The number of ether oxygens (including phenoxy) is 3. The molecular weight excluding hydrogens is 336 g/mol. The van der Waals surface area contributed by atoms with Gasteiger partial charge >= 0.3 is 0 Å². The van der Waals surface area contributed by atoms with E-state index in [0.29, 0.717) is 23.9 Å². The van der Waals surface area contributed by atoms with E-state index in [2.05, 4.69) is 4.98 Å². The van der Waals surface area contributed by atoms with Crippen LogP contribution in [-0.2, 0) is 0 Å². The quantitative estimate of drug-likeness (QED) is 0.515. The number of aromatic nitrogens is 1. The number of fused-ring (bicyclic) bond motifs is 1. The average molecular weight is 350 g/mol. The molecule has 1 atom stereocenters. The second-order valence-electron chi connectivity index (χ2n) is 5.65. The fraction of sp³-hybridized carbons (Fsp3) is 0.105. The van der Waals surface area contributed by atoms with Gasteiger partial charge in [0.05, 0.1) is 4.92 Å². The van der Waals surface area contributed by atoms with Crippen LogP contribution in [0.15, 0.2) is 66.9 Å². The van der Waals surface area contributed by atoms with Gasteiger partial charge in [0.2, 0.25) is 5.88 Å². The van der Waals surface area contributed by atoms with Crippen LogP contribution in [0.4, 0.5) is 5.69 Å². The van der Waals surface area contributed by atoms with Crippen LogP contribution in [0.1, 0.15) is 11.7 Å². The molecule has 0 bridgehead atoms. The lowest BCUT2D eigenvalue weighted by Gasteiger charge is -2.27. The number of rotatable bonds is 4. The first-order valence-electron chi connectivity index (χ1n) is 7.96. The van der Waals surface area contributed by atoms with Crippen molar-refractivity contribution in [3.05, 3.63) is 82.5 Å². The van der Waals surface area contributed by atoms with E-state index in [1.54, 1.807) is 18.2 Å². The molecule has 0 radical (unpaired) electrons. The summed E-state index contributed by atoms with van der Waals surface area (Å²) in [5.74, 6) is 1.98. The van der Waals surface area contributed by atoms with Crippen LogP contribution in [-0.4, -0.2) is 16.5 Å². The van der Waals surface area contributed by atoms with Crippen LogP contribution in [0.25, 0.3) is 0 Å². The lowest BCUT2D eigenvalue weighted by molar-refractivity contribution is -0.385. The normalized spacial score (nSPS) is 15.3. The van der Waals surface area contributed by atoms with E-state index in [0.717, 1.165) is 11.8 Å². The molecule has 1 aromatic heterocycles. The molecule has 7 heteroatoms. The molecular formula is C19H14N2O5. The summed E-state index contributed by atoms with van der Waals surface area (Å²) in [7, 11) is 0. The van der Waals surface area contributed by atoms with Crippen molar-refractivity contribution in [3.63, 3.8) is 0 Å². The third-order valence-corrected chi connectivity index (χ3v) is 3.90. The van der Waals surface area contributed by atoms with Gasteiger partial charge in [0.15, 0.2) is 17.6 Å². The number of nitro groups is 1. The van der Waals surface area contributed by atoms with Crippen LogP contribution in [0.3, 0.4) is 0 Å². The summed E-state index contributed by atoms with van der Waals surface area (Å²) in [6.07, 6.45) is 0.990. The van der Waals surface area contributed by atoms with E-state index in [4.69, 9.17) is 14.2 Å². The van der Waals surface area contributed by atoms with Crippen molar-refractivity contribution in [2.45, 2.75) is 6.10 Å². The minimum atomic E-state index is -0.510. The zero-order valence-electron chi connectivity index (χ0n) is 13.6. The summed E-state index contributed by atoms with van der Waals surface area (Å²) >= 11 is 0. The van der Waals surface area contributed by atoms with Crippen LogP contribution in [0.2, 0.25) is 0 Å². The van der Waals surface area contributed by atoms with Gasteiger partial charge in [-0.15, -0.1) is 0 Å². The van der Waals surface area contributed by atoms with Gasteiger partial charge in [0.25, 0.3) is 5.69 Å². The zero-order valence-corrected chi connectivity index (χ0v) is 13.6. The number of hydrogen-bond donors (Lipinski definition) is 0. The molecule has 7 nitrogen and oxygen atoms in total. The summed E-state index contributed by atoms with van der Waals surface area (Å²) in [5.41, 5.74) is 0.958. The molecule has 1 aliphatic rings. The summed E-state index contributed by atoms with van der Waals surface area (Å²) in [4.78, 5) is 14.1. The van der Waals surface area contributed by atoms with Crippen LogP contribution in [0.5, 0.6) is 23.1 Å². The predicted octanol–water partition coefficient (Wildman–Crippen LogP) is 4.29. The van der Waals surface area contributed by atoms with Gasteiger partial charge < -0.3 is 14.2 Å². The first-order chi connectivity index (χ1) is 12.7. The topological polar surface area (TPSA) is 83.7 Å². The summed E-state index contributed by atoms with van der Waals surface area (Å²) < 4.78 is 17.4. The number of hydrogen-bond acceptors (Lipinski definition) is 6. The van der Waals surface area contributed by atoms with Gasteiger partial charge in [0.1, 0.15) is 18.6 Å². The molecule has 2 aromatic carbocycles. The summed E-state index contributed by atoms with van der Waals surface area (Å²) in [5, 5.41) is 10.7. The molecule has 1 aliphatic heterocycles. The molecule has 0 amide bonds. The number of pyridine rings is 1. The van der Waals surface area contributed by atoms with Crippen molar-refractivity contribution < 1.29 is 19.1 Å². The van der Waals surface area contributed by atoms with E-state index >= 15 is 0 Å². The van der Waals surface area contributed by atoms with Gasteiger partial charge in [-0.25, -0.2) is 4.98 Å². The molecule has 130 valence electrons. The monoisotopic (exact) mass is 350 g/mol. The maximum absolute atomic E-state index is 10.7. The highest BCUT2D eigenvalue weighted by Crippen LogP contribution is 2.39. The molecule has 0 fully saturated rings. The lowest BCUT2D eigenvalue weighted by Crippen LogP contribution is -2.21. The molecule has 0 saturated carbocycles. The van der Waals surface area contributed by atoms with E-state index < -0.39 is 4.92 Å². The molecule has 1 unspecified atom stereocenters. The molecule has 3 aromatic rings.